The van der Waals surface area contributed by atoms with Gasteiger partial charge in [-0.3, -0.25) is 14.9 Å². The number of carbonyl (C=O) groups excluding carboxylic acids is 2. The van der Waals surface area contributed by atoms with Gasteiger partial charge in [0.25, 0.3) is 5.91 Å². The van der Waals surface area contributed by atoms with Crippen LogP contribution in [0, 0.1) is 0 Å². The van der Waals surface area contributed by atoms with Crippen LogP contribution in [-0.4, -0.2) is 41.4 Å². The lowest BCUT2D eigenvalue weighted by Crippen LogP contribution is -2.18. The second-order valence-electron chi connectivity index (χ2n) is 5.84. The Morgan fingerprint density at radius 2 is 1.93 bits per heavy atom. The van der Waals surface area contributed by atoms with E-state index in [4.69, 9.17) is 9.47 Å². The zero-order valence-corrected chi connectivity index (χ0v) is 17.3. The minimum absolute atomic E-state index is 0.0380. The monoisotopic (exact) mass is 429 g/mol. The van der Waals surface area contributed by atoms with Gasteiger partial charge in [-0.15, -0.1) is 10.2 Å². The number of hydrogen-bond acceptors (Lipinski definition) is 8. The number of thioether (sulfide) groups is 1. The van der Waals surface area contributed by atoms with Gasteiger partial charge in [0, 0.05) is 5.56 Å². The van der Waals surface area contributed by atoms with Gasteiger partial charge in [-0.05, 0) is 17.7 Å². The van der Waals surface area contributed by atoms with Gasteiger partial charge in [0.15, 0.2) is 10.1 Å². The van der Waals surface area contributed by atoms with E-state index >= 15 is 0 Å². The molecule has 150 valence electrons. The smallest absolute Gasteiger partial charge is 0.252 e. The second-order valence-corrected chi connectivity index (χ2v) is 8.04. The summed E-state index contributed by atoms with van der Waals surface area (Å²) in [5, 5.41) is 10.9. The predicted molar refractivity (Wildman–Crippen MR) is 113 cm³/mol. The number of nitrogens with zero attached hydrogens (tertiary/aromatic N) is 2. The summed E-state index contributed by atoms with van der Waals surface area (Å²) in [6, 6.07) is 16.6. The molecule has 1 heterocycles. The van der Waals surface area contributed by atoms with Crippen molar-refractivity contribution in [1.82, 2.24) is 10.2 Å². The zero-order chi connectivity index (χ0) is 20.5. The summed E-state index contributed by atoms with van der Waals surface area (Å²) < 4.78 is 11.1. The summed E-state index contributed by atoms with van der Waals surface area (Å²) in [7, 11) is 1.56. The summed E-state index contributed by atoms with van der Waals surface area (Å²) in [4.78, 5) is 24.3. The molecular weight excluding hydrogens is 410 g/mol. The first-order valence-electron chi connectivity index (χ1n) is 8.69. The number of benzene rings is 2. The molecule has 0 unspecified atom stereocenters. The molecule has 1 N–H and O–H groups in total. The molecule has 7 nitrogen and oxygen atoms in total. The lowest BCUT2D eigenvalue weighted by atomic mass is 10.1. The molecule has 9 heteroatoms. The largest absolute Gasteiger partial charge is 0.497 e. The highest BCUT2D eigenvalue weighted by Crippen LogP contribution is 2.26. The van der Waals surface area contributed by atoms with Crippen LogP contribution < -0.4 is 10.1 Å². The third kappa shape index (κ3) is 6.67. The quantitative estimate of drug-likeness (QED) is 0.299. The maximum absolute atomic E-state index is 12.3. The Labute approximate surface area is 176 Å². The number of ether oxygens (including phenoxy) is 2. The highest BCUT2D eigenvalue weighted by molar-refractivity contribution is 8.01. The molecule has 0 saturated heterocycles. The highest BCUT2D eigenvalue weighted by atomic mass is 32.2. The van der Waals surface area contributed by atoms with Gasteiger partial charge in [0.05, 0.1) is 19.5 Å². The maximum atomic E-state index is 12.3. The number of ketones is 1. The Morgan fingerprint density at radius 1 is 1.10 bits per heavy atom. The van der Waals surface area contributed by atoms with Crippen LogP contribution in [0.1, 0.15) is 15.9 Å². The molecule has 0 aliphatic rings. The summed E-state index contributed by atoms with van der Waals surface area (Å²) >= 11 is 2.48. The highest BCUT2D eigenvalue weighted by Gasteiger charge is 2.12. The first kappa shape index (κ1) is 21.0. The van der Waals surface area contributed by atoms with E-state index in [1.165, 1.54) is 23.1 Å². The Bertz CT molecular complexity index is 963. The topological polar surface area (TPSA) is 90.4 Å². The maximum Gasteiger partial charge on any atom is 0.252 e. The van der Waals surface area contributed by atoms with Crippen molar-refractivity contribution < 1.29 is 19.1 Å². The van der Waals surface area contributed by atoms with Crippen molar-refractivity contribution in [3.63, 3.8) is 0 Å². The molecule has 0 aliphatic heterocycles. The lowest BCUT2D eigenvalue weighted by Gasteiger charge is -2.03. The predicted octanol–water partition coefficient (Wildman–Crippen LogP) is 3.68. The van der Waals surface area contributed by atoms with Crippen molar-refractivity contribution in [2.45, 2.75) is 10.9 Å². The molecule has 3 aromatic rings. The van der Waals surface area contributed by atoms with Crippen molar-refractivity contribution in [3.05, 3.63) is 65.7 Å². The van der Waals surface area contributed by atoms with Gasteiger partial charge in [-0.2, -0.15) is 0 Å². The number of aromatic nitrogens is 2. The van der Waals surface area contributed by atoms with Crippen LogP contribution >= 0.6 is 23.1 Å². The third-order valence-corrected chi connectivity index (χ3v) is 5.69. The van der Waals surface area contributed by atoms with E-state index in [2.05, 4.69) is 15.5 Å². The molecule has 3 rings (SSSR count). The van der Waals surface area contributed by atoms with Crippen molar-refractivity contribution in [1.29, 1.82) is 0 Å². The number of nitrogens with one attached hydrogen (secondary N) is 1. The molecule has 0 fully saturated rings. The van der Waals surface area contributed by atoms with Gasteiger partial charge in [0.2, 0.25) is 5.13 Å². The SMILES string of the molecule is COc1cccc(C(=O)CSc2nnc(NC(=O)COCc3ccccc3)s2)c1. The van der Waals surface area contributed by atoms with Crippen LogP contribution in [-0.2, 0) is 16.1 Å². The van der Waals surface area contributed by atoms with E-state index in [1.807, 2.05) is 30.3 Å². The number of amides is 1. The van der Waals surface area contributed by atoms with E-state index in [9.17, 15) is 9.59 Å². The number of carbonyl (C=O) groups is 2. The number of anilines is 1. The van der Waals surface area contributed by atoms with Gasteiger partial charge >= 0.3 is 0 Å². The van der Waals surface area contributed by atoms with Crippen molar-refractivity contribution in [3.8, 4) is 5.75 Å². The minimum atomic E-state index is -0.305. The number of hydrogen-bond donors (Lipinski definition) is 1. The molecular formula is C20H19N3O4S2. The molecule has 1 amide bonds. The Balaban J connectivity index is 1.42. The van der Waals surface area contributed by atoms with Gasteiger partial charge < -0.3 is 9.47 Å². The number of methoxy groups -OCH3 is 1. The lowest BCUT2D eigenvalue weighted by molar-refractivity contribution is -0.121. The molecule has 0 aliphatic carbocycles. The Morgan fingerprint density at radius 3 is 2.72 bits per heavy atom. The van der Waals surface area contributed by atoms with Crippen LogP contribution in [0.4, 0.5) is 5.13 Å². The number of rotatable bonds is 10. The summed E-state index contributed by atoms with van der Waals surface area (Å²) in [6.45, 7) is 0.281. The molecule has 1 aromatic heterocycles. The van der Waals surface area contributed by atoms with E-state index < -0.39 is 0 Å². The Kier molecular flexibility index (Phi) is 7.74. The first-order valence-corrected chi connectivity index (χ1v) is 10.5. The molecule has 0 spiro atoms. The molecule has 0 saturated carbocycles. The van der Waals surface area contributed by atoms with Gasteiger partial charge in [-0.25, -0.2) is 0 Å². The van der Waals surface area contributed by atoms with Crippen LogP contribution in [0.5, 0.6) is 5.75 Å². The summed E-state index contributed by atoms with van der Waals surface area (Å²) in [6.07, 6.45) is 0. The zero-order valence-electron chi connectivity index (χ0n) is 15.7. The van der Waals surface area contributed by atoms with Crippen LogP contribution in [0.2, 0.25) is 0 Å². The van der Waals surface area contributed by atoms with Gasteiger partial charge in [0.1, 0.15) is 12.4 Å². The average Bonchev–Trinajstić information content (AvgIpc) is 3.20. The van der Waals surface area contributed by atoms with Crippen molar-refractivity contribution in [2.75, 3.05) is 24.8 Å². The van der Waals surface area contributed by atoms with Crippen LogP contribution in [0.15, 0.2) is 58.9 Å². The summed E-state index contributed by atoms with van der Waals surface area (Å²) in [5.41, 5.74) is 1.57. The summed E-state index contributed by atoms with van der Waals surface area (Å²) in [5.74, 6) is 0.511. The minimum Gasteiger partial charge on any atom is -0.497 e. The first-order chi connectivity index (χ1) is 14.1. The fraction of sp³-hybridized carbons (Fsp3) is 0.200. The second kappa shape index (κ2) is 10.7. The molecule has 0 atom stereocenters. The molecule has 0 radical (unpaired) electrons. The van der Waals surface area contributed by atoms with Crippen LogP contribution in [0.25, 0.3) is 0 Å². The normalized spacial score (nSPS) is 10.5. The number of Topliss-reactive ketones (excluding diaryl/α,β-unsaturated/α-hetero) is 1. The van der Waals surface area contributed by atoms with Gasteiger partial charge in [-0.1, -0.05) is 65.6 Å². The fourth-order valence-electron chi connectivity index (χ4n) is 2.32. The van der Waals surface area contributed by atoms with Crippen molar-refractivity contribution in [2.24, 2.45) is 0 Å². The standard InChI is InChI=1S/C20H19N3O4S2/c1-26-16-9-5-8-15(10-16)17(24)13-28-20-23-22-19(29-20)21-18(25)12-27-11-14-6-3-2-4-7-14/h2-10H,11-13H2,1H3,(H,21,22,25). The van der Waals surface area contributed by atoms with E-state index in [1.54, 1.807) is 31.4 Å². The Hall–Kier alpha value is -2.75. The average molecular weight is 430 g/mol. The fourth-order valence-corrected chi connectivity index (χ4v) is 3.98. The molecule has 2 aromatic carbocycles. The van der Waals surface area contributed by atoms with E-state index in [0.29, 0.717) is 27.4 Å². The molecule has 29 heavy (non-hydrogen) atoms. The van der Waals surface area contributed by atoms with Crippen LogP contribution in [0.3, 0.4) is 0 Å². The van der Waals surface area contributed by atoms with E-state index in [0.717, 1.165) is 5.56 Å². The third-order valence-electron chi connectivity index (χ3n) is 3.72. The molecule has 0 bridgehead atoms. The van der Waals surface area contributed by atoms with Crippen molar-refractivity contribution >= 4 is 39.9 Å². The van der Waals surface area contributed by atoms with E-state index in [-0.39, 0.29) is 24.1 Å².